The number of aromatic nitrogens is 1. The topological polar surface area (TPSA) is 78.0 Å². The van der Waals surface area contributed by atoms with E-state index in [0.717, 1.165) is 5.56 Å². The zero-order chi connectivity index (χ0) is 21.7. The molecule has 0 fully saturated rings. The molecule has 1 amide bonds. The number of carbonyl (C=O) groups is 2. The van der Waals surface area contributed by atoms with E-state index in [4.69, 9.17) is 37.4 Å². The molecule has 2 heterocycles. The molecule has 158 valence electrons. The van der Waals surface area contributed by atoms with Crippen LogP contribution in [-0.4, -0.2) is 30.9 Å². The highest BCUT2D eigenvalue weighted by Crippen LogP contribution is 2.30. The van der Waals surface area contributed by atoms with Gasteiger partial charge in [-0.15, -0.1) is 22.7 Å². The van der Waals surface area contributed by atoms with Crippen molar-refractivity contribution in [1.29, 1.82) is 0 Å². The van der Waals surface area contributed by atoms with Gasteiger partial charge in [-0.3, -0.25) is 0 Å². The van der Waals surface area contributed by atoms with Crippen LogP contribution in [0, 0.1) is 6.92 Å². The van der Waals surface area contributed by atoms with Crippen LogP contribution < -0.4 is 9.64 Å². The first kappa shape index (κ1) is 22.4. The standard InChI is InChI=1S/C19H16Cl2N2O5S2/c1-11-8-12(27-9-15-22-16(20)17(21)30-15)5-6-13(11)23(19(25)26-2)10-28-18(24)14-4-3-7-29-14/h3-8H,9-10H2,1-2H3. The lowest BCUT2D eigenvalue weighted by atomic mass is 10.2. The molecule has 0 aliphatic carbocycles. The summed E-state index contributed by atoms with van der Waals surface area (Å²) < 4.78 is 16.2. The molecule has 1 aromatic carbocycles. The Morgan fingerprint density at radius 1 is 1.23 bits per heavy atom. The summed E-state index contributed by atoms with van der Waals surface area (Å²) in [4.78, 5) is 30.1. The molecule has 7 nitrogen and oxygen atoms in total. The van der Waals surface area contributed by atoms with Gasteiger partial charge in [0.2, 0.25) is 0 Å². The second-order valence-corrected chi connectivity index (χ2v) is 8.84. The lowest BCUT2D eigenvalue weighted by Crippen LogP contribution is -2.34. The molecule has 2 aromatic heterocycles. The number of halogens is 2. The normalized spacial score (nSPS) is 10.5. The average Bonchev–Trinajstić information content (AvgIpc) is 3.37. The van der Waals surface area contributed by atoms with Gasteiger partial charge in [-0.25, -0.2) is 19.5 Å². The summed E-state index contributed by atoms with van der Waals surface area (Å²) in [6, 6.07) is 8.52. The van der Waals surface area contributed by atoms with E-state index < -0.39 is 12.1 Å². The van der Waals surface area contributed by atoms with Gasteiger partial charge in [-0.05, 0) is 42.1 Å². The number of nitrogens with zero attached hydrogens (tertiary/aromatic N) is 2. The molecule has 0 saturated heterocycles. The number of aryl methyl sites for hydroxylation is 1. The number of carbonyl (C=O) groups excluding carboxylic acids is 2. The number of benzene rings is 1. The van der Waals surface area contributed by atoms with Crippen molar-refractivity contribution in [2.75, 3.05) is 18.7 Å². The molecule has 0 aliphatic rings. The van der Waals surface area contributed by atoms with E-state index in [1.54, 1.807) is 42.6 Å². The van der Waals surface area contributed by atoms with Crippen molar-refractivity contribution in [1.82, 2.24) is 4.98 Å². The molecule has 0 bridgehead atoms. The van der Waals surface area contributed by atoms with Crippen LogP contribution >= 0.6 is 45.9 Å². The molecule has 0 unspecified atom stereocenters. The number of hydrogen-bond donors (Lipinski definition) is 0. The molecule has 3 aromatic rings. The van der Waals surface area contributed by atoms with Crippen LogP contribution in [-0.2, 0) is 16.1 Å². The van der Waals surface area contributed by atoms with E-state index in [1.165, 1.54) is 34.7 Å². The number of ether oxygens (including phenoxy) is 3. The Bertz CT molecular complexity index is 1020. The van der Waals surface area contributed by atoms with E-state index in [-0.39, 0.29) is 18.5 Å². The van der Waals surface area contributed by atoms with Gasteiger partial charge < -0.3 is 14.2 Å². The van der Waals surface area contributed by atoms with Crippen molar-refractivity contribution in [3.05, 3.63) is 60.6 Å². The van der Waals surface area contributed by atoms with Gasteiger partial charge in [0.05, 0.1) is 12.8 Å². The van der Waals surface area contributed by atoms with Crippen LogP contribution in [0.1, 0.15) is 20.2 Å². The maximum atomic E-state index is 12.2. The number of thiophene rings is 1. The minimum absolute atomic E-state index is 0.203. The quantitative estimate of drug-likeness (QED) is 0.310. The zero-order valence-electron chi connectivity index (χ0n) is 15.9. The molecule has 3 rings (SSSR count). The third-order valence-electron chi connectivity index (χ3n) is 3.86. The predicted octanol–water partition coefficient (Wildman–Crippen LogP) is 5.79. The Balaban J connectivity index is 1.70. The van der Waals surface area contributed by atoms with Crippen molar-refractivity contribution < 1.29 is 23.8 Å². The molecule has 0 N–H and O–H groups in total. The van der Waals surface area contributed by atoms with Crippen LogP contribution in [0.4, 0.5) is 10.5 Å². The first-order chi connectivity index (χ1) is 14.4. The molecule has 0 atom stereocenters. The van der Waals surface area contributed by atoms with Crippen molar-refractivity contribution in [2.24, 2.45) is 0 Å². The first-order valence-electron chi connectivity index (χ1n) is 8.49. The van der Waals surface area contributed by atoms with Gasteiger partial charge in [0.1, 0.15) is 26.6 Å². The lowest BCUT2D eigenvalue weighted by Gasteiger charge is -2.23. The SMILES string of the molecule is COC(=O)N(COC(=O)c1cccs1)c1ccc(OCc2nc(Cl)c(Cl)s2)cc1C. The number of anilines is 1. The van der Waals surface area contributed by atoms with E-state index >= 15 is 0 Å². The number of hydrogen-bond acceptors (Lipinski definition) is 8. The summed E-state index contributed by atoms with van der Waals surface area (Å²) >= 11 is 14.2. The number of esters is 1. The molecule has 0 spiro atoms. The van der Waals surface area contributed by atoms with E-state index in [2.05, 4.69) is 4.98 Å². The Kier molecular flexibility index (Phi) is 7.54. The fourth-order valence-electron chi connectivity index (χ4n) is 2.47. The lowest BCUT2D eigenvalue weighted by molar-refractivity contribution is 0.0508. The van der Waals surface area contributed by atoms with E-state index in [9.17, 15) is 9.59 Å². The maximum absolute atomic E-state index is 12.2. The monoisotopic (exact) mass is 486 g/mol. The third kappa shape index (κ3) is 5.42. The smallest absolute Gasteiger partial charge is 0.416 e. The van der Waals surface area contributed by atoms with Crippen LogP contribution in [0.25, 0.3) is 0 Å². The Morgan fingerprint density at radius 3 is 2.63 bits per heavy atom. The summed E-state index contributed by atoms with van der Waals surface area (Å²) in [6.07, 6.45) is -0.655. The zero-order valence-corrected chi connectivity index (χ0v) is 19.0. The molecule has 11 heteroatoms. The largest absolute Gasteiger partial charge is 0.486 e. The second kappa shape index (κ2) is 10.1. The number of rotatable bonds is 7. The van der Waals surface area contributed by atoms with E-state index in [0.29, 0.717) is 25.7 Å². The summed E-state index contributed by atoms with van der Waals surface area (Å²) in [6.45, 7) is 1.71. The average molecular weight is 487 g/mol. The van der Waals surface area contributed by atoms with Crippen molar-refractivity contribution in [3.8, 4) is 5.75 Å². The van der Waals surface area contributed by atoms with E-state index in [1.807, 2.05) is 0 Å². The number of thiazole rings is 1. The van der Waals surface area contributed by atoms with Crippen LogP contribution in [0.2, 0.25) is 9.49 Å². The van der Waals surface area contributed by atoms with Gasteiger partial charge in [0, 0.05) is 0 Å². The molecular weight excluding hydrogens is 471 g/mol. The summed E-state index contributed by atoms with van der Waals surface area (Å²) in [5.74, 6) is 0.0522. The molecular formula is C19H16Cl2N2O5S2. The van der Waals surface area contributed by atoms with Gasteiger partial charge >= 0.3 is 12.1 Å². The predicted molar refractivity (Wildman–Crippen MR) is 117 cm³/mol. The highest BCUT2D eigenvalue weighted by molar-refractivity contribution is 7.16. The van der Waals surface area contributed by atoms with Crippen molar-refractivity contribution in [3.63, 3.8) is 0 Å². The Morgan fingerprint density at radius 2 is 2.03 bits per heavy atom. The number of amides is 1. The van der Waals surface area contributed by atoms with Crippen LogP contribution in [0.15, 0.2) is 35.7 Å². The van der Waals surface area contributed by atoms with Gasteiger partial charge in [-0.1, -0.05) is 29.3 Å². The van der Waals surface area contributed by atoms with Gasteiger partial charge in [0.15, 0.2) is 11.9 Å². The van der Waals surface area contributed by atoms with Crippen LogP contribution in [0.5, 0.6) is 5.75 Å². The van der Waals surface area contributed by atoms with Gasteiger partial charge in [-0.2, -0.15) is 0 Å². The van der Waals surface area contributed by atoms with Crippen LogP contribution in [0.3, 0.4) is 0 Å². The molecule has 0 saturated carbocycles. The second-order valence-electron chi connectivity index (χ2n) is 5.85. The number of methoxy groups -OCH3 is 1. The van der Waals surface area contributed by atoms with Crippen molar-refractivity contribution in [2.45, 2.75) is 13.5 Å². The molecule has 0 radical (unpaired) electrons. The first-order valence-corrected chi connectivity index (χ1v) is 10.9. The molecule has 0 aliphatic heterocycles. The third-order valence-corrected chi connectivity index (χ3v) is 6.42. The summed E-state index contributed by atoms with van der Waals surface area (Å²) in [7, 11) is 1.26. The molecule has 30 heavy (non-hydrogen) atoms. The highest BCUT2D eigenvalue weighted by Gasteiger charge is 2.21. The maximum Gasteiger partial charge on any atom is 0.416 e. The van der Waals surface area contributed by atoms with Gasteiger partial charge in [0.25, 0.3) is 0 Å². The fraction of sp³-hybridized carbons (Fsp3) is 0.211. The minimum Gasteiger partial charge on any atom is -0.486 e. The highest BCUT2D eigenvalue weighted by atomic mass is 35.5. The summed E-state index contributed by atoms with van der Waals surface area (Å²) in [5, 5.41) is 2.66. The Labute approximate surface area is 190 Å². The van der Waals surface area contributed by atoms with Crippen molar-refractivity contribution >= 4 is 63.6 Å². The Hall–Kier alpha value is -2.33. The fourth-order valence-corrected chi connectivity index (χ4v) is 4.25. The minimum atomic E-state index is -0.655. The summed E-state index contributed by atoms with van der Waals surface area (Å²) in [5.41, 5.74) is 1.24.